The van der Waals surface area contributed by atoms with Crippen molar-refractivity contribution < 1.29 is 0 Å². The summed E-state index contributed by atoms with van der Waals surface area (Å²) in [6.45, 7) is 6.35. The molecule has 4 nitrogen and oxygen atoms in total. The lowest BCUT2D eigenvalue weighted by Gasteiger charge is -2.13. The number of aromatic nitrogens is 4. The minimum Gasteiger partial charge on any atom is -0.186 e. The summed E-state index contributed by atoms with van der Waals surface area (Å²) in [4.78, 5) is 0.846. The van der Waals surface area contributed by atoms with Crippen molar-refractivity contribution in [3.63, 3.8) is 0 Å². The third-order valence-corrected chi connectivity index (χ3v) is 3.63. The van der Waals surface area contributed by atoms with Crippen LogP contribution in [0, 0.1) is 0 Å². The Morgan fingerprint density at radius 2 is 1.78 bits per heavy atom. The molecule has 0 atom stereocenters. The molecular formula is C13H14N4S. The van der Waals surface area contributed by atoms with E-state index >= 15 is 0 Å². The largest absolute Gasteiger partial charge is 0.235 e. The zero-order valence-corrected chi connectivity index (χ0v) is 11.4. The maximum atomic E-state index is 4.62. The Balaban J connectivity index is 2.16. The second-order valence-electron chi connectivity index (χ2n) is 5.24. The first-order valence-corrected chi connectivity index (χ1v) is 6.65. The standard InChI is InChI=1S/C13H14N4S/c1-13(2,3)11-14-15-12-17(11)16-10(18-12)9-7-5-4-6-8-9/h4-8H,1-3H3. The fraction of sp³-hybridized carbons (Fsp3) is 0.308. The zero-order valence-electron chi connectivity index (χ0n) is 10.6. The van der Waals surface area contributed by atoms with Gasteiger partial charge in [-0.25, -0.2) is 0 Å². The molecule has 1 aromatic carbocycles. The molecule has 5 heteroatoms. The van der Waals surface area contributed by atoms with E-state index in [1.54, 1.807) is 11.3 Å². The number of fused-ring (bicyclic) bond motifs is 1. The zero-order chi connectivity index (χ0) is 12.8. The van der Waals surface area contributed by atoms with Crippen molar-refractivity contribution >= 4 is 16.3 Å². The maximum absolute atomic E-state index is 4.62. The predicted molar refractivity (Wildman–Crippen MR) is 72.8 cm³/mol. The maximum Gasteiger partial charge on any atom is 0.235 e. The molecule has 2 aromatic heterocycles. The Kier molecular flexibility index (Phi) is 2.45. The third kappa shape index (κ3) is 1.80. The number of hydrogen-bond donors (Lipinski definition) is 0. The van der Waals surface area contributed by atoms with Crippen LogP contribution in [0.2, 0.25) is 0 Å². The van der Waals surface area contributed by atoms with Crippen LogP contribution in [0.15, 0.2) is 30.3 Å². The summed E-state index contributed by atoms with van der Waals surface area (Å²) in [6, 6.07) is 10.2. The van der Waals surface area contributed by atoms with Crippen LogP contribution in [-0.2, 0) is 5.41 Å². The number of benzene rings is 1. The second kappa shape index (κ2) is 3.88. The van der Waals surface area contributed by atoms with Crippen molar-refractivity contribution in [2.24, 2.45) is 0 Å². The first kappa shape index (κ1) is 11.3. The Bertz CT molecular complexity index is 676. The van der Waals surface area contributed by atoms with Gasteiger partial charge in [0.1, 0.15) is 5.01 Å². The van der Waals surface area contributed by atoms with Crippen LogP contribution < -0.4 is 0 Å². The summed E-state index contributed by atoms with van der Waals surface area (Å²) in [5.74, 6) is 0.899. The first-order chi connectivity index (χ1) is 8.55. The highest BCUT2D eigenvalue weighted by molar-refractivity contribution is 7.19. The first-order valence-electron chi connectivity index (χ1n) is 5.84. The highest BCUT2D eigenvalue weighted by Crippen LogP contribution is 2.28. The van der Waals surface area contributed by atoms with Crippen molar-refractivity contribution in [3.05, 3.63) is 36.2 Å². The van der Waals surface area contributed by atoms with Gasteiger partial charge in [-0.1, -0.05) is 62.4 Å². The van der Waals surface area contributed by atoms with Gasteiger partial charge >= 0.3 is 0 Å². The topological polar surface area (TPSA) is 43.1 Å². The van der Waals surface area contributed by atoms with Crippen LogP contribution in [0.5, 0.6) is 0 Å². The molecule has 3 aromatic rings. The van der Waals surface area contributed by atoms with Crippen LogP contribution >= 0.6 is 11.3 Å². The van der Waals surface area contributed by atoms with Gasteiger partial charge in [-0.2, -0.15) is 9.61 Å². The Labute approximate surface area is 109 Å². The van der Waals surface area contributed by atoms with Gasteiger partial charge < -0.3 is 0 Å². The average molecular weight is 258 g/mol. The van der Waals surface area contributed by atoms with Crippen LogP contribution in [0.1, 0.15) is 26.6 Å². The highest BCUT2D eigenvalue weighted by Gasteiger charge is 2.23. The van der Waals surface area contributed by atoms with Crippen molar-refractivity contribution in [3.8, 4) is 10.6 Å². The molecule has 0 saturated carbocycles. The van der Waals surface area contributed by atoms with E-state index in [0.717, 1.165) is 21.4 Å². The molecule has 0 aliphatic heterocycles. The number of rotatable bonds is 1. The van der Waals surface area contributed by atoms with E-state index in [4.69, 9.17) is 0 Å². The minimum absolute atomic E-state index is 0.0541. The molecule has 0 N–H and O–H groups in total. The third-order valence-electron chi connectivity index (χ3n) is 2.68. The molecule has 0 amide bonds. The van der Waals surface area contributed by atoms with E-state index in [-0.39, 0.29) is 5.41 Å². The van der Waals surface area contributed by atoms with E-state index < -0.39 is 0 Å². The molecule has 0 radical (unpaired) electrons. The Hall–Kier alpha value is -1.75. The van der Waals surface area contributed by atoms with Gasteiger partial charge in [0.05, 0.1) is 0 Å². The number of nitrogens with zero attached hydrogens (tertiary/aromatic N) is 4. The molecular weight excluding hydrogens is 244 g/mol. The van der Waals surface area contributed by atoms with Crippen molar-refractivity contribution in [1.82, 2.24) is 19.8 Å². The molecule has 0 saturated heterocycles. The molecule has 0 aliphatic carbocycles. The molecule has 3 rings (SSSR count). The van der Waals surface area contributed by atoms with Crippen molar-refractivity contribution in [2.45, 2.75) is 26.2 Å². The van der Waals surface area contributed by atoms with Crippen LogP contribution in [0.3, 0.4) is 0 Å². The summed E-state index contributed by atoms with van der Waals surface area (Å²) in [5.41, 5.74) is 1.06. The lowest BCUT2D eigenvalue weighted by atomic mass is 9.96. The molecule has 0 spiro atoms. The molecule has 0 aliphatic rings. The Morgan fingerprint density at radius 3 is 2.44 bits per heavy atom. The molecule has 18 heavy (non-hydrogen) atoms. The van der Waals surface area contributed by atoms with Crippen LogP contribution in [0.25, 0.3) is 15.5 Å². The van der Waals surface area contributed by atoms with E-state index in [1.807, 2.05) is 22.7 Å². The molecule has 92 valence electrons. The average Bonchev–Trinajstić information content (AvgIpc) is 2.87. The molecule has 2 heterocycles. The SMILES string of the molecule is CC(C)(C)c1nnc2sc(-c3ccccc3)nn12. The fourth-order valence-electron chi connectivity index (χ4n) is 1.78. The van der Waals surface area contributed by atoms with Gasteiger partial charge in [0.15, 0.2) is 5.82 Å². The summed E-state index contributed by atoms with van der Waals surface area (Å²) in [7, 11) is 0. The lowest BCUT2D eigenvalue weighted by Crippen LogP contribution is -2.16. The second-order valence-corrected chi connectivity index (χ2v) is 6.20. The quantitative estimate of drug-likeness (QED) is 0.673. The number of hydrogen-bond acceptors (Lipinski definition) is 4. The van der Waals surface area contributed by atoms with Gasteiger partial charge in [-0.05, 0) is 0 Å². The summed E-state index contributed by atoms with van der Waals surface area (Å²) in [6.07, 6.45) is 0. The van der Waals surface area contributed by atoms with Gasteiger partial charge in [-0.3, -0.25) is 0 Å². The molecule has 0 unspecified atom stereocenters. The summed E-state index contributed by atoms with van der Waals surface area (Å²) in [5, 5.41) is 14.0. The van der Waals surface area contributed by atoms with E-state index in [2.05, 4.69) is 48.2 Å². The lowest BCUT2D eigenvalue weighted by molar-refractivity contribution is 0.528. The van der Waals surface area contributed by atoms with Gasteiger partial charge in [0, 0.05) is 11.0 Å². The fourth-order valence-corrected chi connectivity index (χ4v) is 2.63. The normalized spacial score (nSPS) is 12.2. The van der Waals surface area contributed by atoms with Gasteiger partial charge in [-0.15, -0.1) is 10.2 Å². The minimum atomic E-state index is -0.0541. The van der Waals surface area contributed by atoms with Crippen molar-refractivity contribution in [2.75, 3.05) is 0 Å². The van der Waals surface area contributed by atoms with Crippen LogP contribution in [0.4, 0.5) is 0 Å². The van der Waals surface area contributed by atoms with Crippen molar-refractivity contribution in [1.29, 1.82) is 0 Å². The van der Waals surface area contributed by atoms with E-state index in [0.29, 0.717) is 0 Å². The molecule has 0 fully saturated rings. The molecule has 0 bridgehead atoms. The summed E-state index contributed by atoms with van der Waals surface area (Å²) < 4.78 is 1.85. The van der Waals surface area contributed by atoms with Gasteiger partial charge in [0.25, 0.3) is 0 Å². The highest BCUT2D eigenvalue weighted by atomic mass is 32.1. The van der Waals surface area contributed by atoms with E-state index in [9.17, 15) is 0 Å². The monoisotopic (exact) mass is 258 g/mol. The smallest absolute Gasteiger partial charge is 0.186 e. The predicted octanol–water partition coefficient (Wildman–Crippen LogP) is 3.15. The summed E-state index contributed by atoms with van der Waals surface area (Å²) >= 11 is 1.57. The Morgan fingerprint density at radius 1 is 1.06 bits per heavy atom. The van der Waals surface area contributed by atoms with Gasteiger partial charge in [0.2, 0.25) is 4.96 Å². The van der Waals surface area contributed by atoms with Crippen LogP contribution in [-0.4, -0.2) is 19.8 Å². The van der Waals surface area contributed by atoms with E-state index in [1.165, 1.54) is 0 Å².